The molecule has 2 nitrogen and oxygen atoms in total. The predicted octanol–water partition coefficient (Wildman–Crippen LogP) is 4.48. The molecule has 0 heterocycles. The van der Waals surface area contributed by atoms with Crippen LogP contribution in [0, 0.1) is 5.82 Å². The number of halogens is 2. The Labute approximate surface area is 137 Å². The predicted molar refractivity (Wildman–Crippen MR) is 88.2 cm³/mol. The minimum Gasteiger partial charge on any atom is -0.383 e. The van der Waals surface area contributed by atoms with E-state index in [-0.39, 0.29) is 5.82 Å². The summed E-state index contributed by atoms with van der Waals surface area (Å²) in [6.07, 6.45) is 0. The number of methoxy groups -OCH3 is 1. The fraction of sp³-hybridized carbons (Fsp3) is 0.250. The van der Waals surface area contributed by atoms with E-state index in [4.69, 9.17) is 4.74 Å². The average Bonchev–Trinajstić information content (AvgIpc) is 2.48. The molecule has 2 rings (SSSR count). The van der Waals surface area contributed by atoms with Gasteiger partial charge in [-0.3, -0.25) is 0 Å². The lowest BCUT2D eigenvalue weighted by molar-refractivity contribution is 0.199. The highest BCUT2D eigenvalue weighted by Gasteiger charge is 2.06. The number of ether oxygens (including phenoxy) is 1. The van der Waals surface area contributed by atoms with Crippen LogP contribution in [0.1, 0.15) is 5.56 Å². The molecule has 21 heavy (non-hydrogen) atoms. The van der Waals surface area contributed by atoms with Gasteiger partial charge in [0.05, 0.1) is 6.61 Å². The monoisotopic (exact) mass is 369 g/mol. The third kappa shape index (κ3) is 5.11. The highest BCUT2D eigenvalue weighted by Crippen LogP contribution is 2.32. The topological polar surface area (TPSA) is 21.3 Å². The molecule has 0 spiro atoms. The van der Waals surface area contributed by atoms with Crippen LogP contribution in [0.3, 0.4) is 0 Å². The Morgan fingerprint density at radius 1 is 1.24 bits per heavy atom. The highest BCUT2D eigenvalue weighted by atomic mass is 79.9. The van der Waals surface area contributed by atoms with Gasteiger partial charge in [-0.25, -0.2) is 4.39 Å². The molecule has 0 aliphatic carbocycles. The molecule has 2 aromatic carbocycles. The molecule has 1 N–H and O–H groups in total. The third-order valence-corrected chi connectivity index (χ3v) is 4.67. The van der Waals surface area contributed by atoms with Gasteiger partial charge in [0.1, 0.15) is 5.82 Å². The largest absolute Gasteiger partial charge is 0.383 e. The maximum atomic E-state index is 13.6. The molecule has 0 fully saturated rings. The lowest BCUT2D eigenvalue weighted by atomic mass is 10.2. The van der Waals surface area contributed by atoms with Gasteiger partial charge in [0, 0.05) is 34.5 Å². The van der Waals surface area contributed by atoms with Crippen molar-refractivity contribution in [3.05, 3.63) is 58.3 Å². The zero-order valence-electron chi connectivity index (χ0n) is 11.7. The van der Waals surface area contributed by atoms with E-state index in [1.54, 1.807) is 19.2 Å². The van der Waals surface area contributed by atoms with E-state index in [1.807, 2.05) is 24.3 Å². The van der Waals surface area contributed by atoms with Crippen molar-refractivity contribution in [2.75, 3.05) is 20.3 Å². The summed E-state index contributed by atoms with van der Waals surface area (Å²) in [4.78, 5) is 1.64. The van der Waals surface area contributed by atoms with Gasteiger partial charge in [0.25, 0.3) is 0 Å². The quantitative estimate of drug-likeness (QED) is 0.727. The molecule has 0 aliphatic heterocycles. The summed E-state index contributed by atoms with van der Waals surface area (Å²) < 4.78 is 19.7. The third-order valence-electron chi connectivity index (χ3n) is 2.89. The minimum atomic E-state index is -0.191. The first-order chi connectivity index (χ1) is 10.2. The maximum absolute atomic E-state index is 13.6. The lowest BCUT2D eigenvalue weighted by Gasteiger charge is -2.09. The first kappa shape index (κ1) is 16.5. The van der Waals surface area contributed by atoms with E-state index >= 15 is 0 Å². The molecule has 5 heteroatoms. The van der Waals surface area contributed by atoms with E-state index in [0.29, 0.717) is 11.5 Å². The SMILES string of the molecule is COCCNCc1ccc(Sc2ccccc2F)cc1Br. The summed E-state index contributed by atoms with van der Waals surface area (Å²) in [6.45, 7) is 2.28. The zero-order chi connectivity index (χ0) is 15.1. The summed E-state index contributed by atoms with van der Waals surface area (Å²) in [5, 5.41) is 3.30. The lowest BCUT2D eigenvalue weighted by Crippen LogP contribution is -2.18. The summed E-state index contributed by atoms with van der Waals surface area (Å²) >= 11 is 4.99. The number of benzene rings is 2. The van der Waals surface area contributed by atoms with Crippen LogP contribution in [0.4, 0.5) is 4.39 Å². The smallest absolute Gasteiger partial charge is 0.137 e. The zero-order valence-corrected chi connectivity index (χ0v) is 14.1. The van der Waals surface area contributed by atoms with Crippen molar-refractivity contribution in [1.82, 2.24) is 5.32 Å². The first-order valence-corrected chi connectivity index (χ1v) is 8.22. The van der Waals surface area contributed by atoms with Crippen LogP contribution in [-0.2, 0) is 11.3 Å². The van der Waals surface area contributed by atoms with Crippen LogP contribution in [0.2, 0.25) is 0 Å². The van der Waals surface area contributed by atoms with Gasteiger partial charge < -0.3 is 10.1 Å². The summed E-state index contributed by atoms with van der Waals surface area (Å²) in [5.74, 6) is -0.191. The molecule has 0 radical (unpaired) electrons. The Bertz CT molecular complexity index is 594. The summed E-state index contributed by atoms with van der Waals surface area (Å²) in [7, 11) is 1.69. The standard InChI is InChI=1S/C16H17BrFNOS/c1-20-9-8-19-11-12-6-7-13(10-14(12)17)21-16-5-3-2-4-15(16)18/h2-7,10,19H,8-9,11H2,1H3. The van der Waals surface area contributed by atoms with Crippen molar-refractivity contribution in [3.63, 3.8) is 0 Å². The van der Waals surface area contributed by atoms with Crippen LogP contribution in [0.25, 0.3) is 0 Å². The molecule has 0 saturated heterocycles. The first-order valence-electron chi connectivity index (χ1n) is 6.61. The van der Waals surface area contributed by atoms with Crippen molar-refractivity contribution in [3.8, 4) is 0 Å². The van der Waals surface area contributed by atoms with E-state index in [1.165, 1.54) is 23.4 Å². The number of rotatable bonds is 7. The second-order valence-electron chi connectivity index (χ2n) is 4.46. The number of hydrogen-bond donors (Lipinski definition) is 1. The van der Waals surface area contributed by atoms with Crippen LogP contribution in [0.5, 0.6) is 0 Å². The Balaban J connectivity index is 2.00. The molecule has 0 amide bonds. The van der Waals surface area contributed by atoms with Crippen LogP contribution >= 0.6 is 27.7 Å². The van der Waals surface area contributed by atoms with E-state index in [9.17, 15) is 4.39 Å². The second-order valence-corrected chi connectivity index (χ2v) is 6.42. The molecule has 0 aromatic heterocycles. The van der Waals surface area contributed by atoms with E-state index in [2.05, 4.69) is 21.2 Å². The fourth-order valence-corrected chi connectivity index (χ4v) is 3.34. The van der Waals surface area contributed by atoms with Crippen molar-refractivity contribution in [2.24, 2.45) is 0 Å². The van der Waals surface area contributed by atoms with Gasteiger partial charge in [-0.15, -0.1) is 0 Å². The van der Waals surface area contributed by atoms with Gasteiger partial charge in [-0.05, 0) is 29.8 Å². The van der Waals surface area contributed by atoms with Gasteiger partial charge in [0.15, 0.2) is 0 Å². The normalized spacial score (nSPS) is 10.8. The molecule has 0 unspecified atom stereocenters. The Hall–Kier alpha value is -0.880. The molecule has 0 saturated carbocycles. The number of nitrogens with one attached hydrogen (secondary N) is 1. The Morgan fingerprint density at radius 3 is 2.76 bits per heavy atom. The van der Waals surface area contributed by atoms with Crippen molar-refractivity contribution in [2.45, 2.75) is 16.3 Å². The summed E-state index contributed by atoms with van der Waals surface area (Å²) in [5.41, 5.74) is 1.17. The van der Waals surface area contributed by atoms with Crippen LogP contribution in [-0.4, -0.2) is 20.3 Å². The molecule has 2 aromatic rings. The number of hydrogen-bond acceptors (Lipinski definition) is 3. The molecular formula is C16H17BrFNOS. The molecule has 0 atom stereocenters. The van der Waals surface area contributed by atoms with E-state index < -0.39 is 0 Å². The average molecular weight is 370 g/mol. The minimum absolute atomic E-state index is 0.191. The van der Waals surface area contributed by atoms with E-state index in [0.717, 1.165) is 22.5 Å². The van der Waals surface area contributed by atoms with Gasteiger partial charge in [-0.2, -0.15) is 0 Å². The van der Waals surface area contributed by atoms with Gasteiger partial charge in [0.2, 0.25) is 0 Å². The molecule has 0 aliphatic rings. The second kappa shape index (κ2) is 8.54. The fourth-order valence-electron chi connectivity index (χ4n) is 1.79. The Morgan fingerprint density at radius 2 is 2.05 bits per heavy atom. The maximum Gasteiger partial charge on any atom is 0.137 e. The van der Waals surface area contributed by atoms with Gasteiger partial charge in [-0.1, -0.05) is 45.9 Å². The van der Waals surface area contributed by atoms with Crippen molar-refractivity contribution in [1.29, 1.82) is 0 Å². The van der Waals surface area contributed by atoms with Crippen molar-refractivity contribution >= 4 is 27.7 Å². The summed E-state index contributed by atoms with van der Waals surface area (Å²) in [6, 6.07) is 12.9. The highest BCUT2D eigenvalue weighted by molar-refractivity contribution is 9.10. The van der Waals surface area contributed by atoms with Crippen LogP contribution in [0.15, 0.2) is 56.7 Å². The molecule has 0 bridgehead atoms. The van der Waals surface area contributed by atoms with Crippen molar-refractivity contribution < 1.29 is 9.13 Å². The molecular weight excluding hydrogens is 353 g/mol. The Kier molecular flexibility index (Phi) is 6.70. The van der Waals surface area contributed by atoms with Crippen LogP contribution < -0.4 is 5.32 Å². The van der Waals surface area contributed by atoms with Gasteiger partial charge >= 0.3 is 0 Å². The molecule has 112 valence electrons.